The zero-order valence-electron chi connectivity index (χ0n) is 17.6. The first-order valence-electron chi connectivity index (χ1n) is 9.96. The van der Waals surface area contributed by atoms with Crippen molar-refractivity contribution in [3.8, 4) is 0 Å². The fourth-order valence-electron chi connectivity index (χ4n) is 3.42. The Morgan fingerprint density at radius 2 is 2.03 bits per heavy atom. The van der Waals surface area contributed by atoms with Crippen LogP contribution >= 0.6 is 34.7 Å². The van der Waals surface area contributed by atoms with E-state index < -0.39 is 24.5 Å². The van der Waals surface area contributed by atoms with E-state index in [4.69, 9.17) is 21.1 Å². The van der Waals surface area contributed by atoms with Gasteiger partial charge in [-0.3, -0.25) is 4.79 Å². The van der Waals surface area contributed by atoms with Gasteiger partial charge in [-0.25, -0.2) is 9.59 Å². The molecule has 1 amide bonds. The summed E-state index contributed by atoms with van der Waals surface area (Å²) in [6, 6.07) is 5.04. The first-order chi connectivity index (χ1) is 14.8. The number of hydrogen-bond acceptors (Lipinski definition) is 7. The molecule has 0 radical (unpaired) electrons. The largest absolute Gasteiger partial charge is 0.462 e. The van der Waals surface area contributed by atoms with Gasteiger partial charge in [0.1, 0.15) is 5.00 Å². The van der Waals surface area contributed by atoms with Gasteiger partial charge in [-0.15, -0.1) is 23.1 Å². The molecule has 1 aromatic carbocycles. The van der Waals surface area contributed by atoms with Crippen LogP contribution < -0.4 is 5.32 Å². The van der Waals surface area contributed by atoms with Crippen LogP contribution in [-0.4, -0.2) is 37.3 Å². The predicted octanol–water partition coefficient (Wildman–Crippen LogP) is 5.22. The van der Waals surface area contributed by atoms with E-state index >= 15 is 0 Å². The second kappa shape index (κ2) is 10.5. The second-order valence-electron chi connectivity index (χ2n) is 7.25. The summed E-state index contributed by atoms with van der Waals surface area (Å²) in [5.74, 6) is -1.13. The minimum atomic E-state index is -0.680. The molecule has 1 atom stereocenters. The number of fused-ring (bicyclic) bond motifs is 1. The first kappa shape index (κ1) is 23.6. The van der Waals surface area contributed by atoms with E-state index in [0.29, 0.717) is 16.5 Å². The number of hydrogen-bond donors (Lipinski definition) is 1. The van der Waals surface area contributed by atoms with E-state index in [1.54, 1.807) is 25.1 Å². The summed E-state index contributed by atoms with van der Waals surface area (Å²) in [4.78, 5) is 39.4. The predicted molar refractivity (Wildman–Crippen MR) is 124 cm³/mol. The van der Waals surface area contributed by atoms with Crippen LogP contribution in [-0.2, 0) is 27.1 Å². The molecule has 9 heteroatoms. The number of benzene rings is 1. The average Bonchev–Trinajstić information content (AvgIpc) is 3.09. The molecular weight excluding hydrogens is 458 g/mol. The highest BCUT2D eigenvalue weighted by Gasteiger charge is 2.29. The van der Waals surface area contributed by atoms with E-state index in [1.165, 1.54) is 23.1 Å². The van der Waals surface area contributed by atoms with Gasteiger partial charge in [0.25, 0.3) is 5.91 Å². The van der Waals surface area contributed by atoms with Crippen molar-refractivity contribution >= 4 is 57.5 Å². The van der Waals surface area contributed by atoms with Crippen LogP contribution in [0.15, 0.2) is 23.1 Å². The van der Waals surface area contributed by atoms with E-state index in [2.05, 4.69) is 12.2 Å². The lowest BCUT2D eigenvalue weighted by Crippen LogP contribution is -2.22. The smallest absolute Gasteiger partial charge is 0.341 e. The lowest BCUT2D eigenvalue weighted by Gasteiger charge is -2.18. The molecule has 0 aliphatic heterocycles. The number of esters is 2. The highest BCUT2D eigenvalue weighted by atomic mass is 35.5. The molecule has 6 nitrogen and oxygen atoms in total. The lowest BCUT2D eigenvalue weighted by molar-refractivity contribution is -0.119. The molecule has 1 heterocycles. The third-order valence-electron chi connectivity index (χ3n) is 4.97. The molecule has 3 rings (SSSR count). The molecule has 0 saturated carbocycles. The number of halogens is 1. The Morgan fingerprint density at radius 1 is 1.26 bits per heavy atom. The summed E-state index contributed by atoms with van der Waals surface area (Å²) >= 11 is 8.95. The van der Waals surface area contributed by atoms with Gasteiger partial charge in [0.15, 0.2) is 6.61 Å². The van der Waals surface area contributed by atoms with Gasteiger partial charge in [-0.1, -0.05) is 18.5 Å². The molecule has 1 aliphatic rings. The Morgan fingerprint density at radius 3 is 2.74 bits per heavy atom. The number of ether oxygens (including phenoxy) is 2. The van der Waals surface area contributed by atoms with Gasteiger partial charge in [0.05, 0.1) is 22.8 Å². The number of thioether (sulfide) groups is 1. The normalized spacial score (nSPS) is 15.2. The number of nitrogens with one attached hydrogen (secondary N) is 1. The maximum Gasteiger partial charge on any atom is 0.341 e. The molecule has 0 fully saturated rings. The number of rotatable bonds is 7. The summed E-state index contributed by atoms with van der Waals surface area (Å²) < 4.78 is 10.4. The van der Waals surface area contributed by atoms with Crippen molar-refractivity contribution < 1.29 is 23.9 Å². The van der Waals surface area contributed by atoms with Crippen LogP contribution in [0.5, 0.6) is 0 Å². The third kappa shape index (κ3) is 5.61. The summed E-state index contributed by atoms with van der Waals surface area (Å²) in [5.41, 5.74) is 1.58. The molecule has 0 saturated heterocycles. The van der Waals surface area contributed by atoms with Crippen LogP contribution in [0.3, 0.4) is 0 Å². The van der Waals surface area contributed by atoms with Crippen LogP contribution in [0.4, 0.5) is 5.00 Å². The van der Waals surface area contributed by atoms with E-state index in [1.807, 2.05) is 6.26 Å². The van der Waals surface area contributed by atoms with Crippen molar-refractivity contribution in [2.75, 3.05) is 24.8 Å². The van der Waals surface area contributed by atoms with Crippen molar-refractivity contribution in [1.82, 2.24) is 0 Å². The summed E-state index contributed by atoms with van der Waals surface area (Å²) in [6.07, 6.45) is 4.50. The summed E-state index contributed by atoms with van der Waals surface area (Å²) in [7, 11) is 0. The van der Waals surface area contributed by atoms with Crippen molar-refractivity contribution in [2.45, 2.75) is 38.0 Å². The fourth-order valence-corrected chi connectivity index (χ4v) is 5.47. The highest BCUT2D eigenvalue weighted by Crippen LogP contribution is 2.40. The minimum Gasteiger partial charge on any atom is -0.462 e. The van der Waals surface area contributed by atoms with Crippen LogP contribution in [0.2, 0.25) is 5.02 Å². The molecule has 31 heavy (non-hydrogen) atoms. The summed E-state index contributed by atoms with van der Waals surface area (Å²) in [6.45, 7) is 3.68. The fraction of sp³-hybridized carbons (Fsp3) is 0.409. The van der Waals surface area contributed by atoms with Crippen LogP contribution in [0.25, 0.3) is 0 Å². The summed E-state index contributed by atoms with van der Waals surface area (Å²) in [5, 5.41) is 3.43. The maximum atomic E-state index is 12.5. The Bertz CT molecular complexity index is 1000. The van der Waals surface area contributed by atoms with E-state index in [0.717, 1.165) is 34.6 Å². The average molecular weight is 482 g/mol. The van der Waals surface area contributed by atoms with Gasteiger partial charge in [0, 0.05) is 9.77 Å². The Labute approximate surface area is 194 Å². The Kier molecular flexibility index (Phi) is 8.02. The Hall–Kier alpha value is -2.03. The molecule has 0 bridgehead atoms. The molecule has 2 aromatic rings. The number of amides is 1. The number of carbonyl (C=O) groups is 3. The molecule has 1 aliphatic carbocycles. The van der Waals surface area contributed by atoms with Crippen molar-refractivity contribution in [3.63, 3.8) is 0 Å². The number of carbonyl (C=O) groups excluding carboxylic acids is 3. The van der Waals surface area contributed by atoms with Gasteiger partial charge in [-0.05, 0) is 62.1 Å². The Balaban J connectivity index is 1.72. The second-order valence-corrected chi connectivity index (χ2v) is 9.64. The molecule has 1 unspecified atom stereocenters. The van der Waals surface area contributed by atoms with Crippen LogP contribution in [0, 0.1) is 5.92 Å². The first-order valence-corrected chi connectivity index (χ1v) is 12.4. The van der Waals surface area contributed by atoms with Gasteiger partial charge in [0.2, 0.25) is 0 Å². The number of anilines is 1. The molecule has 0 spiro atoms. The SMILES string of the molecule is CCOC(=O)c1c(NC(=O)COC(=O)c2cc(SC)ccc2Cl)sc2c1CCC(C)C2. The van der Waals surface area contributed by atoms with Gasteiger partial charge >= 0.3 is 11.9 Å². The van der Waals surface area contributed by atoms with E-state index in [9.17, 15) is 14.4 Å². The molecular formula is C22H24ClNO5S2. The van der Waals surface area contributed by atoms with Crippen molar-refractivity contribution in [3.05, 3.63) is 44.8 Å². The third-order valence-corrected chi connectivity index (χ3v) is 7.20. The molecule has 1 N–H and O–H groups in total. The topological polar surface area (TPSA) is 81.7 Å². The van der Waals surface area contributed by atoms with Crippen molar-refractivity contribution in [1.29, 1.82) is 0 Å². The van der Waals surface area contributed by atoms with E-state index in [-0.39, 0.29) is 17.2 Å². The molecule has 1 aromatic heterocycles. The van der Waals surface area contributed by atoms with Crippen molar-refractivity contribution in [2.24, 2.45) is 5.92 Å². The van der Waals surface area contributed by atoms with Crippen LogP contribution in [0.1, 0.15) is 51.4 Å². The maximum absolute atomic E-state index is 12.5. The van der Waals surface area contributed by atoms with Gasteiger partial charge < -0.3 is 14.8 Å². The standard InChI is InChI=1S/C22H24ClNO5S2/c1-4-28-22(27)19-14-7-5-12(2)9-17(14)31-20(19)24-18(25)11-29-21(26)15-10-13(30-3)6-8-16(15)23/h6,8,10,12H,4-5,7,9,11H2,1-3H3,(H,24,25). The quantitative estimate of drug-likeness (QED) is 0.431. The zero-order chi connectivity index (χ0) is 22.5. The number of thiophene rings is 1. The molecule has 166 valence electrons. The minimum absolute atomic E-state index is 0.203. The van der Waals surface area contributed by atoms with Gasteiger partial charge in [-0.2, -0.15) is 0 Å². The lowest BCUT2D eigenvalue weighted by atomic mass is 9.88. The monoisotopic (exact) mass is 481 g/mol. The zero-order valence-corrected chi connectivity index (χ0v) is 20.0. The highest BCUT2D eigenvalue weighted by molar-refractivity contribution is 7.98.